The summed E-state index contributed by atoms with van der Waals surface area (Å²) in [6.07, 6.45) is -4.72. The van der Waals surface area contributed by atoms with Gasteiger partial charge in [0.25, 0.3) is 0 Å². The van der Waals surface area contributed by atoms with E-state index in [1.807, 2.05) is 0 Å². The summed E-state index contributed by atoms with van der Waals surface area (Å²) in [5, 5.41) is 13.1. The molecule has 1 saturated heterocycles. The molecule has 1 aromatic rings. The van der Waals surface area contributed by atoms with Gasteiger partial charge < -0.3 is 10.4 Å². The van der Waals surface area contributed by atoms with Crippen molar-refractivity contribution in [3.63, 3.8) is 0 Å². The molecule has 1 aromatic heterocycles. The van der Waals surface area contributed by atoms with Crippen molar-refractivity contribution in [2.24, 2.45) is 0 Å². The summed E-state index contributed by atoms with van der Waals surface area (Å²) in [5.74, 6) is -1.23. The van der Waals surface area contributed by atoms with E-state index in [-0.39, 0.29) is 5.69 Å². The second-order valence-electron chi connectivity index (χ2n) is 3.96. The third-order valence-electron chi connectivity index (χ3n) is 2.69. The maximum atomic E-state index is 12.4. The highest BCUT2D eigenvalue weighted by atomic mass is 19.4. The van der Waals surface area contributed by atoms with Crippen molar-refractivity contribution in [3.8, 4) is 0 Å². The van der Waals surface area contributed by atoms with Gasteiger partial charge in [-0.25, -0.2) is 9.97 Å². The molecule has 1 atom stereocenters. The smallest absolute Gasteiger partial charge is 0.372 e. The van der Waals surface area contributed by atoms with E-state index in [1.54, 1.807) is 4.90 Å². The molecule has 0 aliphatic carbocycles. The molecule has 8 heteroatoms. The van der Waals surface area contributed by atoms with Gasteiger partial charge in [0.1, 0.15) is 0 Å². The lowest BCUT2D eigenvalue weighted by molar-refractivity contribution is -0.145. The largest absolute Gasteiger partial charge is 0.451 e. The van der Waals surface area contributed by atoms with Crippen LogP contribution in [0.5, 0.6) is 0 Å². The topological polar surface area (TPSA) is 61.3 Å². The standard InChI is InChI=1S/C10H13F3N4O/c11-10(12,13)9-15-2-1-7(16-9)8(18)17-5-3-14-4-6-17/h1-2,8,14,18H,3-6H2. The predicted molar refractivity (Wildman–Crippen MR) is 56.4 cm³/mol. The first kappa shape index (κ1) is 13.2. The highest BCUT2D eigenvalue weighted by Gasteiger charge is 2.35. The summed E-state index contributed by atoms with van der Waals surface area (Å²) in [6, 6.07) is 1.29. The van der Waals surface area contributed by atoms with Crippen LogP contribution in [0, 0.1) is 0 Å². The molecule has 2 heterocycles. The number of nitrogens with zero attached hydrogens (tertiary/aromatic N) is 3. The molecule has 1 aliphatic rings. The molecule has 0 radical (unpaired) electrons. The molecule has 0 amide bonds. The lowest BCUT2D eigenvalue weighted by atomic mass is 10.2. The quantitative estimate of drug-likeness (QED) is 0.807. The van der Waals surface area contributed by atoms with Crippen molar-refractivity contribution in [2.75, 3.05) is 26.2 Å². The number of nitrogens with one attached hydrogen (secondary N) is 1. The van der Waals surface area contributed by atoms with Crippen molar-refractivity contribution in [2.45, 2.75) is 12.4 Å². The average Bonchev–Trinajstić information content (AvgIpc) is 2.38. The van der Waals surface area contributed by atoms with Gasteiger partial charge in [0.2, 0.25) is 5.82 Å². The lowest BCUT2D eigenvalue weighted by Gasteiger charge is -2.31. The molecule has 5 nitrogen and oxygen atoms in total. The van der Waals surface area contributed by atoms with Crippen LogP contribution in [0.3, 0.4) is 0 Å². The first-order valence-electron chi connectivity index (χ1n) is 5.51. The number of hydrogen-bond donors (Lipinski definition) is 2. The molecule has 1 unspecified atom stereocenters. The van der Waals surface area contributed by atoms with E-state index in [0.717, 1.165) is 6.20 Å². The molecule has 0 saturated carbocycles. The molecular weight excluding hydrogens is 249 g/mol. The van der Waals surface area contributed by atoms with Crippen LogP contribution < -0.4 is 5.32 Å². The van der Waals surface area contributed by atoms with Gasteiger partial charge in [0, 0.05) is 32.4 Å². The van der Waals surface area contributed by atoms with Gasteiger partial charge >= 0.3 is 6.18 Å². The first-order chi connectivity index (χ1) is 8.48. The van der Waals surface area contributed by atoms with Crippen LogP contribution in [-0.4, -0.2) is 46.2 Å². The number of alkyl halides is 3. The number of hydrogen-bond acceptors (Lipinski definition) is 5. The Hall–Kier alpha value is -1.25. The zero-order valence-corrected chi connectivity index (χ0v) is 9.48. The van der Waals surface area contributed by atoms with E-state index in [0.29, 0.717) is 26.2 Å². The number of aliphatic hydroxyl groups is 1. The molecule has 18 heavy (non-hydrogen) atoms. The van der Waals surface area contributed by atoms with Gasteiger partial charge in [-0.3, -0.25) is 4.90 Å². The second-order valence-corrected chi connectivity index (χ2v) is 3.96. The monoisotopic (exact) mass is 262 g/mol. The lowest BCUT2D eigenvalue weighted by Crippen LogP contribution is -2.45. The Balaban J connectivity index is 2.17. The highest BCUT2D eigenvalue weighted by molar-refractivity contribution is 5.07. The maximum absolute atomic E-state index is 12.4. The summed E-state index contributed by atoms with van der Waals surface area (Å²) in [7, 11) is 0. The Bertz CT molecular complexity index is 406. The molecule has 2 rings (SSSR count). The van der Waals surface area contributed by atoms with E-state index < -0.39 is 18.2 Å². The fraction of sp³-hybridized carbons (Fsp3) is 0.600. The van der Waals surface area contributed by atoms with Crippen LogP contribution in [0.15, 0.2) is 12.3 Å². The van der Waals surface area contributed by atoms with Crippen LogP contribution in [-0.2, 0) is 6.18 Å². The third kappa shape index (κ3) is 2.95. The van der Waals surface area contributed by atoms with E-state index in [2.05, 4.69) is 15.3 Å². The van der Waals surface area contributed by atoms with E-state index in [9.17, 15) is 18.3 Å². The minimum atomic E-state index is -4.60. The summed E-state index contributed by atoms with van der Waals surface area (Å²) in [6.45, 7) is 2.50. The van der Waals surface area contributed by atoms with Crippen molar-refractivity contribution in [1.82, 2.24) is 20.2 Å². The average molecular weight is 262 g/mol. The molecule has 1 aliphatic heterocycles. The van der Waals surface area contributed by atoms with Crippen molar-refractivity contribution >= 4 is 0 Å². The van der Waals surface area contributed by atoms with Gasteiger partial charge in [0.05, 0.1) is 5.69 Å². The number of aromatic nitrogens is 2. The maximum Gasteiger partial charge on any atom is 0.451 e. The Morgan fingerprint density at radius 1 is 1.33 bits per heavy atom. The highest BCUT2D eigenvalue weighted by Crippen LogP contribution is 2.27. The summed E-state index contributed by atoms with van der Waals surface area (Å²) >= 11 is 0. The van der Waals surface area contributed by atoms with Crippen LogP contribution in [0.2, 0.25) is 0 Å². The van der Waals surface area contributed by atoms with Gasteiger partial charge in [-0.1, -0.05) is 0 Å². The first-order valence-corrected chi connectivity index (χ1v) is 5.51. The van der Waals surface area contributed by atoms with Gasteiger partial charge in [-0.05, 0) is 6.07 Å². The molecule has 2 N–H and O–H groups in total. The molecule has 1 fully saturated rings. The number of rotatable bonds is 2. The zero-order valence-electron chi connectivity index (χ0n) is 9.48. The van der Waals surface area contributed by atoms with E-state index in [1.165, 1.54) is 6.07 Å². The third-order valence-corrected chi connectivity index (χ3v) is 2.69. The normalized spacial score (nSPS) is 19.8. The summed E-state index contributed by atoms with van der Waals surface area (Å²) in [5.41, 5.74) is -0.0285. The summed E-state index contributed by atoms with van der Waals surface area (Å²) in [4.78, 5) is 8.20. The molecule has 0 bridgehead atoms. The summed E-state index contributed by atoms with van der Waals surface area (Å²) < 4.78 is 37.3. The van der Waals surface area contributed by atoms with Gasteiger partial charge in [-0.15, -0.1) is 0 Å². The SMILES string of the molecule is OC(c1ccnc(C(F)(F)F)n1)N1CCNCC1. The molecule has 0 spiro atoms. The Kier molecular flexibility index (Phi) is 3.79. The van der Waals surface area contributed by atoms with E-state index in [4.69, 9.17) is 0 Å². The Morgan fingerprint density at radius 3 is 2.61 bits per heavy atom. The number of aliphatic hydroxyl groups excluding tert-OH is 1. The molecule has 0 aromatic carbocycles. The van der Waals surface area contributed by atoms with Crippen LogP contribution in [0.4, 0.5) is 13.2 Å². The Labute approximate surface area is 102 Å². The zero-order chi connectivity index (χ0) is 13.2. The number of halogens is 3. The van der Waals surface area contributed by atoms with Gasteiger partial charge in [0.15, 0.2) is 6.23 Å². The minimum Gasteiger partial charge on any atom is -0.372 e. The van der Waals surface area contributed by atoms with Crippen molar-refractivity contribution in [1.29, 1.82) is 0 Å². The van der Waals surface area contributed by atoms with Crippen LogP contribution >= 0.6 is 0 Å². The van der Waals surface area contributed by atoms with Crippen LogP contribution in [0.25, 0.3) is 0 Å². The van der Waals surface area contributed by atoms with Crippen molar-refractivity contribution < 1.29 is 18.3 Å². The Morgan fingerprint density at radius 2 is 2.00 bits per heavy atom. The van der Waals surface area contributed by atoms with E-state index >= 15 is 0 Å². The minimum absolute atomic E-state index is 0.0285. The van der Waals surface area contributed by atoms with Gasteiger partial charge in [-0.2, -0.15) is 13.2 Å². The molecular formula is C10H13F3N4O. The second kappa shape index (κ2) is 5.17. The fourth-order valence-corrected chi connectivity index (χ4v) is 1.77. The van der Waals surface area contributed by atoms with Crippen molar-refractivity contribution in [3.05, 3.63) is 23.8 Å². The van der Waals surface area contributed by atoms with Crippen LogP contribution in [0.1, 0.15) is 17.7 Å². The number of piperazine rings is 1. The molecule has 100 valence electrons. The fourth-order valence-electron chi connectivity index (χ4n) is 1.77. The predicted octanol–water partition coefficient (Wildman–Crippen LogP) is 0.391.